The van der Waals surface area contributed by atoms with Gasteiger partial charge in [-0.3, -0.25) is 4.79 Å². The monoisotopic (exact) mass is 157 g/mol. The van der Waals surface area contributed by atoms with E-state index in [-0.39, 0.29) is 0 Å². The zero-order valence-corrected chi connectivity index (χ0v) is 8.05. The molecule has 0 saturated carbocycles. The zero-order chi connectivity index (χ0) is 8.85. The lowest BCUT2D eigenvalue weighted by Gasteiger charge is -2.16. The highest BCUT2D eigenvalue weighted by atomic mass is 16.2. The van der Waals surface area contributed by atoms with E-state index in [1.54, 1.807) is 0 Å². The minimum Gasteiger partial charge on any atom is -0.343 e. The Labute approximate surface area is 69.6 Å². The quantitative estimate of drug-likeness (QED) is 0.570. The van der Waals surface area contributed by atoms with Gasteiger partial charge in [-0.2, -0.15) is 0 Å². The minimum atomic E-state index is 0.307. The van der Waals surface area contributed by atoms with E-state index < -0.39 is 0 Å². The van der Waals surface area contributed by atoms with Gasteiger partial charge < -0.3 is 4.90 Å². The van der Waals surface area contributed by atoms with Gasteiger partial charge in [-0.25, -0.2) is 0 Å². The van der Waals surface area contributed by atoms with Crippen LogP contribution in [0, 0.1) is 0 Å². The third kappa shape index (κ3) is 2.52. The fraction of sp³-hybridized carbons (Fsp3) is 0.889. The number of carbonyl (C=O) groups is 1. The summed E-state index contributed by atoms with van der Waals surface area (Å²) in [6.45, 7) is 6.12. The van der Waals surface area contributed by atoms with E-state index in [4.69, 9.17) is 0 Å². The van der Waals surface area contributed by atoms with Crippen molar-refractivity contribution in [2.45, 2.75) is 46.1 Å². The van der Waals surface area contributed by atoms with Crippen LogP contribution in [0.25, 0.3) is 0 Å². The summed E-state index contributed by atoms with van der Waals surface area (Å²) in [6, 6.07) is 0.525. The molecule has 1 unspecified atom stereocenters. The topological polar surface area (TPSA) is 20.3 Å². The van der Waals surface area contributed by atoms with Crippen molar-refractivity contribution >= 4 is 5.91 Å². The third-order valence-corrected chi connectivity index (χ3v) is 2.10. The molecule has 1 heterocycles. The van der Waals surface area contributed by atoms with Crippen molar-refractivity contribution in [2.75, 3.05) is 7.05 Å². The molecule has 1 aliphatic heterocycles. The van der Waals surface area contributed by atoms with Crippen molar-refractivity contribution in [1.29, 1.82) is 0 Å². The summed E-state index contributed by atoms with van der Waals surface area (Å²) in [7, 11) is 1.89. The Morgan fingerprint density at radius 3 is 2.27 bits per heavy atom. The summed E-state index contributed by atoms with van der Waals surface area (Å²) in [5.41, 5.74) is 0. The Balaban J connectivity index is 0.000000461. The number of likely N-dealkylation sites (tertiary alicyclic amines) is 1. The van der Waals surface area contributed by atoms with Gasteiger partial charge in [0.25, 0.3) is 0 Å². The van der Waals surface area contributed by atoms with Gasteiger partial charge in [0.05, 0.1) is 0 Å². The number of nitrogens with zero attached hydrogens (tertiary/aromatic N) is 1. The first-order valence-electron chi connectivity index (χ1n) is 4.51. The number of rotatable bonds is 1. The molecule has 1 saturated heterocycles. The van der Waals surface area contributed by atoms with Crippen molar-refractivity contribution in [3.8, 4) is 0 Å². The van der Waals surface area contributed by atoms with Gasteiger partial charge in [-0.05, 0) is 12.8 Å². The Hall–Kier alpha value is -0.530. The van der Waals surface area contributed by atoms with Crippen LogP contribution in [-0.4, -0.2) is 23.9 Å². The molecule has 1 atom stereocenters. The zero-order valence-electron chi connectivity index (χ0n) is 8.05. The molecule has 2 nitrogen and oxygen atoms in total. The predicted octanol–water partition coefficient (Wildman–Crippen LogP) is 2.04. The summed E-state index contributed by atoms with van der Waals surface area (Å²) < 4.78 is 0. The number of hydrogen-bond acceptors (Lipinski definition) is 1. The second kappa shape index (κ2) is 5.16. The molecule has 2 heteroatoms. The first-order chi connectivity index (χ1) is 5.25. The van der Waals surface area contributed by atoms with E-state index in [9.17, 15) is 4.79 Å². The van der Waals surface area contributed by atoms with Crippen LogP contribution in [0.15, 0.2) is 0 Å². The average molecular weight is 157 g/mol. The van der Waals surface area contributed by atoms with Crippen LogP contribution in [-0.2, 0) is 4.79 Å². The highest BCUT2D eigenvalue weighted by molar-refractivity contribution is 5.78. The van der Waals surface area contributed by atoms with E-state index in [0.717, 1.165) is 19.3 Å². The van der Waals surface area contributed by atoms with Crippen molar-refractivity contribution in [1.82, 2.24) is 4.90 Å². The second-order valence-corrected chi connectivity index (χ2v) is 2.61. The van der Waals surface area contributed by atoms with E-state index in [1.165, 1.54) is 0 Å². The highest BCUT2D eigenvalue weighted by Crippen LogP contribution is 2.18. The predicted molar refractivity (Wildman–Crippen MR) is 47.4 cm³/mol. The van der Waals surface area contributed by atoms with Gasteiger partial charge in [0.2, 0.25) is 5.91 Å². The van der Waals surface area contributed by atoms with Crippen LogP contribution >= 0.6 is 0 Å². The lowest BCUT2D eigenvalue weighted by atomic mass is 10.2. The van der Waals surface area contributed by atoms with Crippen LogP contribution in [0.4, 0.5) is 0 Å². The van der Waals surface area contributed by atoms with Gasteiger partial charge in [0.1, 0.15) is 0 Å². The number of amides is 1. The fourth-order valence-electron chi connectivity index (χ4n) is 1.34. The first-order valence-corrected chi connectivity index (χ1v) is 4.51. The number of carbonyl (C=O) groups excluding carboxylic acids is 1. The molecule has 1 rings (SSSR count). The largest absolute Gasteiger partial charge is 0.343 e. The molecule has 0 bridgehead atoms. The normalized spacial score (nSPS) is 23.1. The molecule has 0 spiro atoms. The molecular formula is C9H19NO. The smallest absolute Gasteiger partial charge is 0.222 e. The van der Waals surface area contributed by atoms with Gasteiger partial charge >= 0.3 is 0 Å². The summed E-state index contributed by atoms with van der Waals surface area (Å²) in [6.07, 6.45) is 2.92. The van der Waals surface area contributed by atoms with E-state index >= 15 is 0 Å². The standard InChI is InChI=1S/C7H13NO.C2H6/c1-3-6-4-5-7(9)8(6)2;1-2/h6H,3-5H2,1-2H3;1-2H3. The van der Waals surface area contributed by atoms with Crippen LogP contribution in [0.1, 0.15) is 40.0 Å². The van der Waals surface area contributed by atoms with Crippen molar-refractivity contribution in [2.24, 2.45) is 0 Å². The molecule has 1 aliphatic rings. The molecule has 1 amide bonds. The third-order valence-electron chi connectivity index (χ3n) is 2.10. The SMILES string of the molecule is CC.CCC1CCC(=O)N1C. The first kappa shape index (κ1) is 10.5. The van der Waals surface area contributed by atoms with E-state index in [0.29, 0.717) is 11.9 Å². The maximum atomic E-state index is 10.9. The molecule has 0 aliphatic carbocycles. The van der Waals surface area contributed by atoms with Gasteiger partial charge in [-0.15, -0.1) is 0 Å². The maximum absolute atomic E-state index is 10.9. The second-order valence-electron chi connectivity index (χ2n) is 2.61. The Morgan fingerprint density at radius 1 is 1.55 bits per heavy atom. The van der Waals surface area contributed by atoms with E-state index in [1.807, 2.05) is 25.8 Å². The molecule has 1 fully saturated rings. The summed E-state index contributed by atoms with van der Waals surface area (Å²) in [5.74, 6) is 0.307. The fourth-order valence-corrected chi connectivity index (χ4v) is 1.34. The van der Waals surface area contributed by atoms with Crippen molar-refractivity contribution < 1.29 is 4.79 Å². The summed E-state index contributed by atoms with van der Waals surface area (Å²) in [4.78, 5) is 12.7. The highest BCUT2D eigenvalue weighted by Gasteiger charge is 2.25. The summed E-state index contributed by atoms with van der Waals surface area (Å²) in [5, 5.41) is 0. The Morgan fingerprint density at radius 2 is 2.09 bits per heavy atom. The molecule has 0 radical (unpaired) electrons. The van der Waals surface area contributed by atoms with E-state index in [2.05, 4.69) is 6.92 Å². The van der Waals surface area contributed by atoms with Crippen LogP contribution in [0.3, 0.4) is 0 Å². The minimum absolute atomic E-state index is 0.307. The van der Waals surface area contributed by atoms with Gasteiger partial charge in [0.15, 0.2) is 0 Å². The molecule has 66 valence electrons. The molecular weight excluding hydrogens is 138 g/mol. The number of hydrogen-bond donors (Lipinski definition) is 0. The van der Waals surface area contributed by atoms with Crippen LogP contribution in [0.5, 0.6) is 0 Å². The average Bonchev–Trinajstić information content (AvgIpc) is 2.37. The molecule has 0 aromatic carbocycles. The van der Waals surface area contributed by atoms with Gasteiger partial charge in [-0.1, -0.05) is 20.8 Å². The van der Waals surface area contributed by atoms with Gasteiger partial charge in [0, 0.05) is 19.5 Å². The lowest BCUT2D eigenvalue weighted by molar-refractivity contribution is -0.127. The molecule has 0 N–H and O–H groups in total. The molecule has 0 aromatic heterocycles. The summed E-state index contributed by atoms with van der Waals surface area (Å²) >= 11 is 0. The Kier molecular flexibility index (Phi) is 4.92. The van der Waals surface area contributed by atoms with Crippen molar-refractivity contribution in [3.63, 3.8) is 0 Å². The Bertz CT molecular complexity index is 123. The van der Waals surface area contributed by atoms with Crippen molar-refractivity contribution in [3.05, 3.63) is 0 Å². The molecule has 0 aromatic rings. The van der Waals surface area contributed by atoms with Crippen LogP contribution < -0.4 is 0 Å². The van der Waals surface area contributed by atoms with Crippen LogP contribution in [0.2, 0.25) is 0 Å². The maximum Gasteiger partial charge on any atom is 0.222 e. The lowest BCUT2D eigenvalue weighted by Crippen LogP contribution is -2.27. The molecule has 11 heavy (non-hydrogen) atoms.